The molecule has 1 aromatic carbocycles. The van der Waals surface area contributed by atoms with Crippen LogP contribution in [0.4, 0.5) is 8.78 Å². The first kappa shape index (κ1) is 15.3. The van der Waals surface area contributed by atoms with Crippen molar-refractivity contribution < 1.29 is 18.1 Å². The lowest BCUT2D eigenvalue weighted by molar-refractivity contribution is 0.0559. The van der Waals surface area contributed by atoms with Gasteiger partial charge in [-0.25, -0.2) is 18.7 Å². The predicted octanol–water partition coefficient (Wildman–Crippen LogP) is 2.04. The van der Waals surface area contributed by atoms with E-state index in [2.05, 4.69) is 20.1 Å². The monoisotopic (exact) mass is 343 g/mol. The third-order valence-corrected chi connectivity index (χ3v) is 3.90. The second-order valence-electron chi connectivity index (χ2n) is 5.53. The number of carbonyl (C=O) groups is 1. The molecule has 2 aromatic heterocycles. The lowest BCUT2D eigenvalue weighted by Gasteiger charge is -2.37. The standard InChI is InChI=1S/C16H11F2N5O2/c17-10-3-1-4-11(18)12(10)16(24)23-7-9(8-23)15-21-14(22-25-15)13-19-5-2-6-20-13/h1-6,9H,7-8H2. The van der Waals surface area contributed by atoms with Crippen LogP contribution in [0.3, 0.4) is 0 Å². The molecule has 0 spiro atoms. The molecular formula is C16H11F2N5O2. The van der Waals surface area contributed by atoms with Crippen LogP contribution < -0.4 is 0 Å². The minimum absolute atomic E-state index is 0.191. The van der Waals surface area contributed by atoms with E-state index in [1.165, 1.54) is 11.0 Å². The minimum Gasteiger partial charge on any atom is -0.338 e. The fourth-order valence-corrected chi connectivity index (χ4v) is 2.57. The molecule has 1 fully saturated rings. The molecule has 3 heterocycles. The van der Waals surface area contributed by atoms with E-state index >= 15 is 0 Å². The topological polar surface area (TPSA) is 85.0 Å². The van der Waals surface area contributed by atoms with Gasteiger partial charge in [-0.05, 0) is 18.2 Å². The maximum absolute atomic E-state index is 13.7. The molecule has 25 heavy (non-hydrogen) atoms. The molecule has 0 atom stereocenters. The van der Waals surface area contributed by atoms with Crippen LogP contribution in [0.5, 0.6) is 0 Å². The van der Waals surface area contributed by atoms with Gasteiger partial charge in [0.1, 0.15) is 17.2 Å². The average Bonchev–Trinajstić information content (AvgIpc) is 3.04. The Hall–Kier alpha value is -3.23. The van der Waals surface area contributed by atoms with Gasteiger partial charge in [-0.3, -0.25) is 4.79 Å². The van der Waals surface area contributed by atoms with Gasteiger partial charge in [-0.1, -0.05) is 11.2 Å². The maximum Gasteiger partial charge on any atom is 0.259 e. The second kappa shape index (κ2) is 6.00. The predicted molar refractivity (Wildman–Crippen MR) is 80.3 cm³/mol. The third kappa shape index (κ3) is 2.73. The number of halogens is 2. The zero-order chi connectivity index (χ0) is 17.4. The molecule has 7 nitrogen and oxygen atoms in total. The van der Waals surface area contributed by atoms with Crippen LogP contribution in [0, 0.1) is 11.6 Å². The molecule has 1 aliphatic heterocycles. The van der Waals surface area contributed by atoms with Crippen molar-refractivity contribution in [2.75, 3.05) is 13.1 Å². The Morgan fingerprint density at radius 3 is 2.44 bits per heavy atom. The Balaban J connectivity index is 1.46. The Morgan fingerprint density at radius 1 is 1.08 bits per heavy atom. The Labute approximate surface area is 140 Å². The molecule has 3 aromatic rings. The highest BCUT2D eigenvalue weighted by molar-refractivity contribution is 5.95. The SMILES string of the molecule is O=C(c1c(F)cccc1F)N1CC(c2nc(-c3ncccn3)no2)C1. The summed E-state index contributed by atoms with van der Waals surface area (Å²) in [6.07, 6.45) is 3.12. The van der Waals surface area contributed by atoms with Crippen molar-refractivity contribution in [1.82, 2.24) is 25.0 Å². The van der Waals surface area contributed by atoms with E-state index in [9.17, 15) is 13.6 Å². The molecule has 0 bridgehead atoms. The van der Waals surface area contributed by atoms with Crippen LogP contribution >= 0.6 is 0 Å². The molecular weight excluding hydrogens is 332 g/mol. The minimum atomic E-state index is -0.880. The number of rotatable bonds is 3. The lowest BCUT2D eigenvalue weighted by atomic mass is 9.98. The zero-order valence-electron chi connectivity index (χ0n) is 12.8. The first-order valence-corrected chi connectivity index (χ1v) is 7.48. The van der Waals surface area contributed by atoms with Crippen LogP contribution in [0.1, 0.15) is 22.2 Å². The number of benzene rings is 1. The van der Waals surface area contributed by atoms with Crippen molar-refractivity contribution in [3.63, 3.8) is 0 Å². The van der Waals surface area contributed by atoms with Gasteiger partial charge >= 0.3 is 0 Å². The van der Waals surface area contributed by atoms with Crippen LogP contribution in [0.25, 0.3) is 11.6 Å². The molecule has 0 saturated carbocycles. The number of aromatic nitrogens is 4. The summed E-state index contributed by atoms with van der Waals surface area (Å²) in [5.74, 6) is -1.73. The first-order valence-electron chi connectivity index (χ1n) is 7.48. The molecule has 4 rings (SSSR count). The van der Waals surface area contributed by atoms with Crippen molar-refractivity contribution in [2.45, 2.75) is 5.92 Å². The molecule has 1 aliphatic rings. The van der Waals surface area contributed by atoms with Crippen LogP contribution in [0.2, 0.25) is 0 Å². The van der Waals surface area contributed by atoms with Crippen LogP contribution in [0.15, 0.2) is 41.2 Å². The Kier molecular flexibility index (Phi) is 3.68. The third-order valence-electron chi connectivity index (χ3n) is 3.90. The first-order chi connectivity index (χ1) is 12.1. The van der Waals surface area contributed by atoms with Gasteiger partial charge in [0.2, 0.25) is 17.5 Å². The summed E-state index contributed by atoms with van der Waals surface area (Å²) in [5, 5.41) is 3.81. The van der Waals surface area contributed by atoms with Crippen LogP contribution in [-0.4, -0.2) is 44.0 Å². The summed E-state index contributed by atoms with van der Waals surface area (Å²) in [6.45, 7) is 0.480. The van der Waals surface area contributed by atoms with E-state index in [1.807, 2.05) is 0 Å². The molecule has 0 radical (unpaired) electrons. The fourth-order valence-electron chi connectivity index (χ4n) is 2.57. The summed E-state index contributed by atoms with van der Waals surface area (Å²) < 4.78 is 32.6. The number of carbonyl (C=O) groups excluding carboxylic acids is 1. The Bertz CT molecular complexity index is 905. The van der Waals surface area contributed by atoms with Crippen molar-refractivity contribution in [3.05, 3.63) is 59.7 Å². The highest BCUT2D eigenvalue weighted by atomic mass is 19.1. The van der Waals surface area contributed by atoms with E-state index in [0.29, 0.717) is 11.7 Å². The summed E-state index contributed by atoms with van der Waals surface area (Å²) in [6, 6.07) is 4.99. The van der Waals surface area contributed by atoms with E-state index < -0.39 is 23.1 Å². The van der Waals surface area contributed by atoms with Gasteiger partial charge in [-0.2, -0.15) is 4.98 Å². The molecule has 0 N–H and O–H groups in total. The van der Waals surface area contributed by atoms with Gasteiger partial charge in [0.05, 0.1) is 5.92 Å². The molecule has 1 amide bonds. The van der Waals surface area contributed by atoms with Gasteiger partial charge in [-0.15, -0.1) is 0 Å². The quantitative estimate of drug-likeness (QED) is 0.723. The van der Waals surface area contributed by atoms with Gasteiger partial charge in [0.15, 0.2) is 0 Å². The average molecular weight is 343 g/mol. The van der Waals surface area contributed by atoms with E-state index in [-0.39, 0.29) is 24.8 Å². The largest absolute Gasteiger partial charge is 0.338 e. The van der Waals surface area contributed by atoms with Crippen LogP contribution in [-0.2, 0) is 0 Å². The summed E-state index contributed by atoms with van der Waals surface area (Å²) in [5.41, 5.74) is -0.551. The van der Waals surface area contributed by atoms with Gasteiger partial charge in [0, 0.05) is 25.5 Å². The molecule has 9 heteroatoms. The summed E-state index contributed by atoms with van der Waals surface area (Å²) in [4.78, 5) is 25.8. The summed E-state index contributed by atoms with van der Waals surface area (Å²) in [7, 11) is 0. The summed E-state index contributed by atoms with van der Waals surface area (Å²) >= 11 is 0. The van der Waals surface area contributed by atoms with Gasteiger partial charge < -0.3 is 9.42 Å². The highest BCUT2D eigenvalue weighted by Gasteiger charge is 2.37. The number of nitrogens with zero attached hydrogens (tertiary/aromatic N) is 5. The number of hydrogen-bond donors (Lipinski definition) is 0. The molecule has 1 saturated heterocycles. The van der Waals surface area contributed by atoms with Crippen molar-refractivity contribution in [2.24, 2.45) is 0 Å². The molecule has 126 valence electrons. The fraction of sp³-hybridized carbons (Fsp3) is 0.188. The van der Waals surface area contributed by atoms with Crippen molar-refractivity contribution in [3.8, 4) is 11.6 Å². The number of hydrogen-bond acceptors (Lipinski definition) is 6. The van der Waals surface area contributed by atoms with E-state index in [1.54, 1.807) is 18.5 Å². The molecule has 0 unspecified atom stereocenters. The van der Waals surface area contributed by atoms with Crippen molar-refractivity contribution >= 4 is 5.91 Å². The van der Waals surface area contributed by atoms with Gasteiger partial charge in [0.25, 0.3) is 5.91 Å². The lowest BCUT2D eigenvalue weighted by Crippen LogP contribution is -2.49. The highest BCUT2D eigenvalue weighted by Crippen LogP contribution is 2.29. The zero-order valence-corrected chi connectivity index (χ0v) is 12.8. The molecule has 0 aliphatic carbocycles. The second-order valence-corrected chi connectivity index (χ2v) is 5.53. The van der Waals surface area contributed by atoms with E-state index in [4.69, 9.17) is 4.52 Å². The van der Waals surface area contributed by atoms with Crippen molar-refractivity contribution in [1.29, 1.82) is 0 Å². The smallest absolute Gasteiger partial charge is 0.259 e. The number of amides is 1. The number of likely N-dealkylation sites (tertiary alicyclic amines) is 1. The van der Waals surface area contributed by atoms with E-state index in [0.717, 1.165) is 12.1 Å². The Morgan fingerprint density at radius 2 is 1.76 bits per heavy atom. The normalized spacial score (nSPS) is 14.4. The maximum atomic E-state index is 13.7.